The summed E-state index contributed by atoms with van der Waals surface area (Å²) in [5.41, 5.74) is 2.65. The summed E-state index contributed by atoms with van der Waals surface area (Å²) in [5, 5.41) is 0. The first kappa shape index (κ1) is 15.4. The number of ether oxygens (including phenoxy) is 1. The molecule has 1 aromatic carbocycles. The Balaban J connectivity index is 2.89. The number of benzene rings is 1. The minimum atomic E-state index is 0.503. The SMILES string of the molecule is CC(C)c1cccc(C(C)C)c1OCCCCS. The lowest BCUT2D eigenvalue weighted by Gasteiger charge is -2.19. The van der Waals surface area contributed by atoms with E-state index in [9.17, 15) is 0 Å². The smallest absolute Gasteiger partial charge is 0.126 e. The largest absolute Gasteiger partial charge is 0.493 e. The maximum absolute atomic E-state index is 6.06. The van der Waals surface area contributed by atoms with E-state index < -0.39 is 0 Å². The molecule has 0 amide bonds. The van der Waals surface area contributed by atoms with Gasteiger partial charge >= 0.3 is 0 Å². The molecule has 0 radical (unpaired) electrons. The second-order valence-electron chi connectivity index (χ2n) is 5.35. The molecule has 102 valence electrons. The second kappa shape index (κ2) is 7.73. The van der Waals surface area contributed by atoms with Gasteiger partial charge in [-0.1, -0.05) is 45.9 Å². The Morgan fingerprint density at radius 1 is 1.00 bits per heavy atom. The van der Waals surface area contributed by atoms with Gasteiger partial charge in [0.15, 0.2) is 0 Å². The highest BCUT2D eigenvalue weighted by Gasteiger charge is 2.14. The third kappa shape index (κ3) is 4.24. The number of hydrogen-bond acceptors (Lipinski definition) is 2. The van der Waals surface area contributed by atoms with Crippen LogP contribution in [0.4, 0.5) is 0 Å². The molecule has 0 aliphatic rings. The Hall–Kier alpha value is -0.630. The van der Waals surface area contributed by atoms with Crippen LogP contribution in [0.2, 0.25) is 0 Å². The molecule has 0 N–H and O–H groups in total. The molecule has 1 aromatic rings. The highest BCUT2D eigenvalue weighted by molar-refractivity contribution is 7.80. The van der Waals surface area contributed by atoms with Gasteiger partial charge in [0.25, 0.3) is 0 Å². The zero-order chi connectivity index (χ0) is 13.5. The predicted molar refractivity (Wildman–Crippen MR) is 83.2 cm³/mol. The van der Waals surface area contributed by atoms with E-state index >= 15 is 0 Å². The average molecular weight is 266 g/mol. The summed E-state index contributed by atoms with van der Waals surface area (Å²) in [5.74, 6) is 3.06. The predicted octanol–water partition coefficient (Wildman–Crippen LogP) is 5.02. The molecule has 2 heteroatoms. The summed E-state index contributed by atoms with van der Waals surface area (Å²) in [7, 11) is 0. The van der Waals surface area contributed by atoms with E-state index in [-0.39, 0.29) is 0 Å². The van der Waals surface area contributed by atoms with E-state index in [1.807, 2.05) is 0 Å². The summed E-state index contributed by atoms with van der Waals surface area (Å²) in [6, 6.07) is 6.51. The van der Waals surface area contributed by atoms with Crippen LogP contribution in [0.5, 0.6) is 5.75 Å². The third-order valence-electron chi connectivity index (χ3n) is 3.12. The van der Waals surface area contributed by atoms with Gasteiger partial charge in [0.05, 0.1) is 6.61 Å². The highest BCUT2D eigenvalue weighted by Crippen LogP contribution is 2.34. The topological polar surface area (TPSA) is 9.23 Å². The molecule has 0 aliphatic heterocycles. The van der Waals surface area contributed by atoms with Crippen molar-refractivity contribution >= 4 is 12.6 Å². The number of thiol groups is 1. The summed E-state index contributed by atoms with van der Waals surface area (Å²) in [6.07, 6.45) is 2.19. The van der Waals surface area contributed by atoms with Crippen molar-refractivity contribution in [1.29, 1.82) is 0 Å². The van der Waals surface area contributed by atoms with Gasteiger partial charge in [-0.2, -0.15) is 12.6 Å². The molecule has 0 bridgehead atoms. The fourth-order valence-corrected chi connectivity index (χ4v) is 2.26. The Bertz CT molecular complexity index is 332. The lowest BCUT2D eigenvalue weighted by Crippen LogP contribution is -2.05. The Kier molecular flexibility index (Phi) is 6.62. The van der Waals surface area contributed by atoms with Crippen molar-refractivity contribution in [1.82, 2.24) is 0 Å². The van der Waals surface area contributed by atoms with Crippen LogP contribution in [-0.2, 0) is 0 Å². The summed E-state index contributed by atoms with van der Waals surface area (Å²) < 4.78 is 6.06. The number of para-hydroxylation sites is 1. The first-order chi connectivity index (χ1) is 8.57. The molecule has 0 heterocycles. The standard InChI is InChI=1S/C16H26OS/c1-12(2)14-8-7-9-15(13(3)4)16(14)17-10-5-6-11-18/h7-9,12-13,18H,5-6,10-11H2,1-4H3. The molecule has 18 heavy (non-hydrogen) atoms. The van der Waals surface area contributed by atoms with Crippen LogP contribution in [0.3, 0.4) is 0 Å². The lowest BCUT2D eigenvalue weighted by molar-refractivity contribution is 0.301. The van der Waals surface area contributed by atoms with Gasteiger partial charge in [0.1, 0.15) is 5.75 Å². The molecule has 0 aliphatic carbocycles. The molecule has 0 fully saturated rings. The number of hydrogen-bond donors (Lipinski definition) is 1. The van der Waals surface area contributed by atoms with Crippen molar-refractivity contribution in [2.45, 2.75) is 52.4 Å². The molecular formula is C16H26OS. The van der Waals surface area contributed by atoms with Crippen LogP contribution in [-0.4, -0.2) is 12.4 Å². The molecular weight excluding hydrogens is 240 g/mol. The van der Waals surface area contributed by atoms with E-state index in [0.717, 1.165) is 31.0 Å². The van der Waals surface area contributed by atoms with Crippen molar-refractivity contribution in [2.24, 2.45) is 0 Å². The van der Waals surface area contributed by atoms with Gasteiger partial charge in [0, 0.05) is 0 Å². The first-order valence-electron chi connectivity index (χ1n) is 6.94. The molecule has 0 spiro atoms. The Morgan fingerprint density at radius 3 is 2.00 bits per heavy atom. The molecule has 0 saturated carbocycles. The Morgan fingerprint density at radius 2 is 1.56 bits per heavy atom. The van der Waals surface area contributed by atoms with E-state index in [1.165, 1.54) is 11.1 Å². The maximum atomic E-state index is 6.06. The van der Waals surface area contributed by atoms with E-state index in [2.05, 4.69) is 58.5 Å². The normalized spacial score (nSPS) is 11.3. The first-order valence-corrected chi connectivity index (χ1v) is 7.57. The van der Waals surface area contributed by atoms with Crippen LogP contribution < -0.4 is 4.74 Å². The van der Waals surface area contributed by atoms with Crippen molar-refractivity contribution in [3.8, 4) is 5.75 Å². The molecule has 1 nitrogen and oxygen atoms in total. The van der Waals surface area contributed by atoms with E-state index in [1.54, 1.807) is 0 Å². The van der Waals surface area contributed by atoms with Gasteiger partial charge in [0.2, 0.25) is 0 Å². The van der Waals surface area contributed by atoms with Gasteiger partial charge in [-0.15, -0.1) is 0 Å². The van der Waals surface area contributed by atoms with Crippen LogP contribution in [0, 0.1) is 0 Å². The van der Waals surface area contributed by atoms with Crippen LogP contribution >= 0.6 is 12.6 Å². The lowest BCUT2D eigenvalue weighted by atomic mass is 9.94. The molecule has 1 rings (SSSR count). The van der Waals surface area contributed by atoms with Crippen LogP contribution in [0.25, 0.3) is 0 Å². The molecule has 0 aromatic heterocycles. The summed E-state index contributed by atoms with van der Waals surface area (Å²) in [4.78, 5) is 0. The summed E-state index contributed by atoms with van der Waals surface area (Å²) in [6.45, 7) is 9.68. The monoisotopic (exact) mass is 266 g/mol. The zero-order valence-electron chi connectivity index (χ0n) is 12.1. The van der Waals surface area contributed by atoms with Gasteiger partial charge < -0.3 is 4.74 Å². The quantitative estimate of drug-likeness (QED) is 0.538. The van der Waals surface area contributed by atoms with E-state index in [0.29, 0.717) is 11.8 Å². The zero-order valence-corrected chi connectivity index (χ0v) is 13.0. The van der Waals surface area contributed by atoms with Gasteiger partial charge in [-0.25, -0.2) is 0 Å². The van der Waals surface area contributed by atoms with Crippen LogP contribution in [0.1, 0.15) is 63.5 Å². The maximum Gasteiger partial charge on any atom is 0.126 e. The average Bonchev–Trinajstić information content (AvgIpc) is 2.34. The number of rotatable bonds is 7. The van der Waals surface area contributed by atoms with Gasteiger partial charge in [-0.3, -0.25) is 0 Å². The van der Waals surface area contributed by atoms with Crippen molar-refractivity contribution in [3.05, 3.63) is 29.3 Å². The fourth-order valence-electron chi connectivity index (χ4n) is 2.04. The fraction of sp³-hybridized carbons (Fsp3) is 0.625. The van der Waals surface area contributed by atoms with Crippen LogP contribution in [0.15, 0.2) is 18.2 Å². The minimum Gasteiger partial charge on any atom is -0.493 e. The molecule has 0 atom stereocenters. The Labute approximate surface area is 117 Å². The third-order valence-corrected chi connectivity index (χ3v) is 3.44. The molecule has 0 saturated heterocycles. The molecule has 0 unspecified atom stereocenters. The second-order valence-corrected chi connectivity index (χ2v) is 5.80. The highest BCUT2D eigenvalue weighted by atomic mass is 32.1. The van der Waals surface area contributed by atoms with Gasteiger partial charge in [-0.05, 0) is 41.6 Å². The summed E-state index contributed by atoms with van der Waals surface area (Å²) >= 11 is 4.23. The van der Waals surface area contributed by atoms with Crippen molar-refractivity contribution < 1.29 is 4.74 Å². The van der Waals surface area contributed by atoms with E-state index in [4.69, 9.17) is 4.74 Å². The van der Waals surface area contributed by atoms with Crippen molar-refractivity contribution in [2.75, 3.05) is 12.4 Å². The van der Waals surface area contributed by atoms with Crippen molar-refractivity contribution in [3.63, 3.8) is 0 Å². The number of unbranched alkanes of at least 4 members (excludes halogenated alkanes) is 1. The minimum absolute atomic E-state index is 0.503.